The standard InChI is InChI=1S/C15H21BO4/c1-6-10-8-7-9-11(12(10)13(17)18)16-19-14(2,3)15(4,5)20-16/h7-9H,6H2,1-5H3,(H,17,18). The molecule has 1 fully saturated rings. The van der Waals surface area contributed by atoms with Gasteiger partial charge in [0.25, 0.3) is 0 Å². The first kappa shape index (κ1) is 15.1. The van der Waals surface area contributed by atoms with Crippen molar-refractivity contribution in [1.29, 1.82) is 0 Å². The third-order valence-corrected chi connectivity index (χ3v) is 4.28. The molecule has 0 bridgehead atoms. The lowest BCUT2D eigenvalue weighted by molar-refractivity contribution is 0.00578. The fourth-order valence-electron chi connectivity index (χ4n) is 2.34. The second-order valence-electron chi connectivity index (χ2n) is 6.13. The van der Waals surface area contributed by atoms with E-state index < -0.39 is 24.3 Å². The maximum atomic E-state index is 11.6. The second-order valence-corrected chi connectivity index (χ2v) is 6.13. The molecule has 1 saturated heterocycles. The van der Waals surface area contributed by atoms with Crippen LogP contribution in [0.3, 0.4) is 0 Å². The average Bonchev–Trinajstić information content (AvgIpc) is 2.57. The number of rotatable bonds is 3. The highest BCUT2D eigenvalue weighted by Gasteiger charge is 2.52. The van der Waals surface area contributed by atoms with Gasteiger partial charge in [-0.3, -0.25) is 0 Å². The zero-order valence-corrected chi connectivity index (χ0v) is 12.7. The van der Waals surface area contributed by atoms with Gasteiger partial charge in [-0.2, -0.15) is 0 Å². The fraction of sp³-hybridized carbons (Fsp3) is 0.533. The van der Waals surface area contributed by atoms with E-state index in [1.54, 1.807) is 6.07 Å². The van der Waals surface area contributed by atoms with Gasteiger partial charge in [-0.05, 0) is 45.1 Å². The summed E-state index contributed by atoms with van der Waals surface area (Å²) in [5.41, 5.74) is 0.736. The lowest BCUT2D eigenvalue weighted by atomic mass is 9.74. The van der Waals surface area contributed by atoms with E-state index in [1.807, 2.05) is 46.8 Å². The Morgan fingerprint density at radius 3 is 2.20 bits per heavy atom. The van der Waals surface area contributed by atoms with Crippen molar-refractivity contribution in [3.05, 3.63) is 29.3 Å². The van der Waals surface area contributed by atoms with Crippen molar-refractivity contribution in [2.75, 3.05) is 0 Å². The molecule has 20 heavy (non-hydrogen) atoms. The highest BCUT2D eigenvalue weighted by atomic mass is 16.7. The number of hydrogen-bond donors (Lipinski definition) is 1. The van der Waals surface area contributed by atoms with E-state index in [2.05, 4.69) is 0 Å². The van der Waals surface area contributed by atoms with Crippen molar-refractivity contribution in [2.45, 2.75) is 52.2 Å². The minimum absolute atomic E-state index is 0.300. The molecule has 0 aliphatic carbocycles. The topological polar surface area (TPSA) is 55.8 Å². The van der Waals surface area contributed by atoms with Gasteiger partial charge in [-0.25, -0.2) is 4.79 Å². The smallest absolute Gasteiger partial charge is 0.478 e. The molecule has 0 unspecified atom stereocenters. The molecule has 1 aliphatic heterocycles. The van der Waals surface area contributed by atoms with E-state index in [-0.39, 0.29) is 0 Å². The van der Waals surface area contributed by atoms with Crippen LogP contribution in [-0.4, -0.2) is 29.4 Å². The first-order chi connectivity index (χ1) is 9.19. The Kier molecular flexibility index (Phi) is 3.69. The third kappa shape index (κ3) is 2.36. The van der Waals surface area contributed by atoms with Gasteiger partial charge in [0.15, 0.2) is 0 Å². The molecule has 2 rings (SSSR count). The summed E-state index contributed by atoms with van der Waals surface area (Å²) in [5, 5.41) is 9.49. The molecule has 0 saturated carbocycles. The second kappa shape index (κ2) is 4.90. The molecule has 4 nitrogen and oxygen atoms in total. The van der Waals surface area contributed by atoms with E-state index >= 15 is 0 Å². The normalized spacial score (nSPS) is 20.1. The fourth-order valence-corrected chi connectivity index (χ4v) is 2.34. The summed E-state index contributed by atoms with van der Waals surface area (Å²) >= 11 is 0. The predicted octanol–water partition coefficient (Wildman–Crippen LogP) is 2.25. The van der Waals surface area contributed by atoms with Crippen molar-refractivity contribution < 1.29 is 19.2 Å². The number of hydrogen-bond acceptors (Lipinski definition) is 3. The van der Waals surface area contributed by atoms with E-state index in [9.17, 15) is 9.90 Å². The van der Waals surface area contributed by atoms with Crippen LogP contribution in [0, 0.1) is 0 Å². The SMILES string of the molecule is CCc1cccc(B2OC(C)(C)C(C)(C)O2)c1C(=O)O. The van der Waals surface area contributed by atoms with Crippen LogP contribution in [0.1, 0.15) is 50.5 Å². The van der Waals surface area contributed by atoms with Crippen molar-refractivity contribution in [2.24, 2.45) is 0 Å². The summed E-state index contributed by atoms with van der Waals surface area (Å²) in [6.07, 6.45) is 0.662. The van der Waals surface area contributed by atoms with Crippen LogP contribution in [0.25, 0.3) is 0 Å². The van der Waals surface area contributed by atoms with E-state index in [4.69, 9.17) is 9.31 Å². The average molecular weight is 276 g/mol. The molecule has 0 radical (unpaired) electrons. The third-order valence-electron chi connectivity index (χ3n) is 4.28. The highest BCUT2D eigenvalue weighted by Crippen LogP contribution is 2.36. The summed E-state index contributed by atoms with van der Waals surface area (Å²) in [6.45, 7) is 9.76. The number of aromatic carboxylic acids is 1. The summed E-state index contributed by atoms with van der Waals surface area (Å²) in [4.78, 5) is 11.6. The number of carboxylic acid groups (broad SMARTS) is 1. The molecule has 1 aliphatic rings. The number of aryl methyl sites for hydroxylation is 1. The molecule has 1 N–H and O–H groups in total. The van der Waals surface area contributed by atoms with Crippen molar-refractivity contribution in [3.8, 4) is 0 Å². The number of carbonyl (C=O) groups is 1. The Labute approximate surface area is 120 Å². The summed E-state index contributed by atoms with van der Waals surface area (Å²) < 4.78 is 11.9. The summed E-state index contributed by atoms with van der Waals surface area (Å²) in [6, 6.07) is 5.45. The Morgan fingerprint density at radius 1 is 1.20 bits per heavy atom. The van der Waals surface area contributed by atoms with Gasteiger partial charge >= 0.3 is 13.1 Å². The Balaban J connectivity index is 2.48. The van der Waals surface area contributed by atoms with Crippen molar-refractivity contribution >= 4 is 18.6 Å². The van der Waals surface area contributed by atoms with Gasteiger partial charge in [0, 0.05) is 0 Å². The van der Waals surface area contributed by atoms with Crippen LogP contribution in [0.4, 0.5) is 0 Å². The molecular formula is C15H21BO4. The van der Waals surface area contributed by atoms with Crippen LogP contribution in [0.15, 0.2) is 18.2 Å². The van der Waals surface area contributed by atoms with Gasteiger partial charge in [0.05, 0.1) is 16.8 Å². The van der Waals surface area contributed by atoms with E-state index in [0.29, 0.717) is 17.4 Å². The molecule has 1 heterocycles. The highest BCUT2D eigenvalue weighted by molar-refractivity contribution is 6.63. The molecule has 5 heteroatoms. The Morgan fingerprint density at radius 2 is 1.75 bits per heavy atom. The molecule has 0 amide bonds. The maximum absolute atomic E-state index is 11.6. The lowest BCUT2D eigenvalue weighted by Gasteiger charge is -2.32. The minimum Gasteiger partial charge on any atom is -0.478 e. The molecule has 108 valence electrons. The molecule has 0 spiro atoms. The predicted molar refractivity (Wildman–Crippen MR) is 78.5 cm³/mol. The van der Waals surface area contributed by atoms with Gasteiger partial charge in [0.2, 0.25) is 0 Å². The first-order valence-corrected chi connectivity index (χ1v) is 6.90. The zero-order valence-electron chi connectivity index (χ0n) is 12.7. The number of carboxylic acids is 1. The van der Waals surface area contributed by atoms with Gasteiger partial charge in [-0.1, -0.05) is 25.1 Å². The Hall–Kier alpha value is -1.33. The largest absolute Gasteiger partial charge is 0.495 e. The monoisotopic (exact) mass is 276 g/mol. The van der Waals surface area contributed by atoms with Crippen molar-refractivity contribution in [1.82, 2.24) is 0 Å². The molecule has 0 aromatic heterocycles. The van der Waals surface area contributed by atoms with E-state index in [1.165, 1.54) is 0 Å². The first-order valence-electron chi connectivity index (χ1n) is 6.90. The quantitative estimate of drug-likeness (QED) is 0.860. The molecule has 0 atom stereocenters. The van der Waals surface area contributed by atoms with Crippen LogP contribution in [0.2, 0.25) is 0 Å². The molecule has 1 aromatic rings. The van der Waals surface area contributed by atoms with Crippen molar-refractivity contribution in [3.63, 3.8) is 0 Å². The minimum atomic E-state index is -0.938. The van der Waals surface area contributed by atoms with E-state index in [0.717, 1.165) is 5.56 Å². The van der Waals surface area contributed by atoms with Crippen LogP contribution < -0.4 is 5.46 Å². The summed E-state index contributed by atoms with van der Waals surface area (Å²) in [7, 11) is -0.641. The van der Waals surface area contributed by atoms with Crippen LogP contribution in [0.5, 0.6) is 0 Å². The van der Waals surface area contributed by atoms with Crippen LogP contribution in [-0.2, 0) is 15.7 Å². The molecular weight excluding hydrogens is 255 g/mol. The van der Waals surface area contributed by atoms with Gasteiger partial charge in [-0.15, -0.1) is 0 Å². The molecule has 1 aromatic carbocycles. The van der Waals surface area contributed by atoms with Gasteiger partial charge in [0.1, 0.15) is 0 Å². The van der Waals surface area contributed by atoms with Crippen LogP contribution >= 0.6 is 0 Å². The summed E-state index contributed by atoms with van der Waals surface area (Å²) in [5.74, 6) is -0.938. The number of benzene rings is 1. The maximum Gasteiger partial charge on any atom is 0.495 e. The Bertz CT molecular complexity index is 521. The van der Waals surface area contributed by atoms with Gasteiger partial charge < -0.3 is 14.4 Å². The lowest BCUT2D eigenvalue weighted by Crippen LogP contribution is -2.41. The zero-order chi connectivity index (χ0) is 15.1.